The normalized spacial score (nSPS) is 30.3. The first kappa shape index (κ1) is 12.2. The van der Waals surface area contributed by atoms with Gasteiger partial charge in [-0.2, -0.15) is 0 Å². The fourth-order valence-corrected chi connectivity index (χ4v) is 3.13. The van der Waals surface area contributed by atoms with E-state index >= 15 is 0 Å². The summed E-state index contributed by atoms with van der Waals surface area (Å²) in [6, 6.07) is 8.49. The molecule has 3 heteroatoms. The van der Waals surface area contributed by atoms with E-state index in [1.165, 1.54) is 11.1 Å². The SMILES string of the molecule is CC1(C)c2ccccc2[C@@H]2OO[C@H]1N2C(C)(C)C. The third kappa shape index (κ3) is 1.48. The van der Waals surface area contributed by atoms with Crippen LogP contribution in [-0.2, 0) is 15.2 Å². The number of rotatable bonds is 0. The second-order valence-electron chi connectivity index (χ2n) is 6.78. The average Bonchev–Trinajstić information content (AvgIpc) is 2.69. The van der Waals surface area contributed by atoms with Crippen molar-refractivity contribution >= 4 is 0 Å². The standard InChI is InChI=1S/C15H21NO2/c1-14(2,3)16-12-10-8-6-7-9-11(10)15(4,5)13(16)18-17-12/h6-9,12-13H,1-5H3/t12-,13+/m0/s1. The summed E-state index contributed by atoms with van der Waals surface area (Å²) in [7, 11) is 0. The van der Waals surface area contributed by atoms with Gasteiger partial charge in [-0.3, -0.25) is 0 Å². The maximum atomic E-state index is 5.64. The minimum atomic E-state index is -0.0841. The molecule has 2 aliphatic heterocycles. The van der Waals surface area contributed by atoms with Crippen LogP contribution in [-0.4, -0.2) is 16.7 Å². The van der Waals surface area contributed by atoms with Crippen molar-refractivity contribution in [2.45, 2.75) is 58.0 Å². The third-order valence-electron chi connectivity index (χ3n) is 4.06. The second kappa shape index (κ2) is 3.56. The van der Waals surface area contributed by atoms with Crippen molar-refractivity contribution in [3.05, 3.63) is 35.4 Å². The minimum Gasteiger partial charge on any atom is -0.237 e. The molecule has 0 saturated carbocycles. The Morgan fingerprint density at radius 3 is 2.44 bits per heavy atom. The molecule has 2 heterocycles. The quantitative estimate of drug-likeness (QED) is 0.656. The zero-order valence-electron chi connectivity index (χ0n) is 11.7. The van der Waals surface area contributed by atoms with Gasteiger partial charge in [0.2, 0.25) is 0 Å². The van der Waals surface area contributed by atoms with E-state index < -0.39 is 0 Å². The number of fused-ring (bicyclic) bond motifs is 4. The smallest absolute Gasteiger partial charge is 0.174 e. The van der Waals surface area contributed by atoms with Crippen LogP contribution in [0.4, 0.5) is 0 Å². The van der Waals surface area contributed by atoms with Crippen LogP contribution in [0.5, 0.6) is 0 Å². The minimum absolute atomic E-state index is 0.0106. The van der Waals surface area contributed by atoms with E-state index in [1.54, 1.807) is 0 Å². The first-order chi connectivity index (χ1) is 8.33. The Bertz CT molecular complexity index is 476. The molecule has 0 radical (unpaired) electrons. The van der Waals surface area contributed by atoms with Gasteiger partial charge in [0.1, 0.15) is 0 Å². The Morgan fingerprint density at radius 2 is 1.78 bits per heavy atom. The number of nitrogens with zero attached hydrogens (tertiary/aromatic N) is 1. The lowest BCUT2D eigenvalue weighted by Crippen LogP contribution is -2.56. The molecule has 1 saturated heterocycles. The maximum Gasteiger partial charge on any atom is 0.174 e. The molecule has 0 aromatic heterocycles. The van der Waals surface area contributed by atoms with Crippen molar-refractivity contribution < 1.29 is 9.78 Å². The van der Waals surface area contributed by atoms with E-state index in [0.29, 0.717) is 0 Å². The van der Waals surface area contributed by atoms with Gasteiger partial charge in [-0.15, -0.1) is 0 Å². The van der Waals surface area contributed by atoms with Gasteiger partial charge in [-0.25, -0.2) is 14.7 Å². The predicted molar refractivity (Wildman–Crippen MR) is 69.8 cm³/mol. The average molecular weight is 247 g/mol. The van der Waals surface area contributed by atoms with Gasteiger partial charge < -0.3 is 0 Å². The summed E-state index contributed by atoms with van der Waals surface area (Å²) in [4.78, 5) is 13.6. The fourth-order valence-electron chi connectivity index (χ4n) is 3.13. The summed E-state index contributed by atoms with van der Waals surface area (Å²) in [5.41, 5.74) is 2.50. The largest absolute Gasteiger partial charge is 0.237 e. The molecule has 2 atom stereocenters. The van der Waals surface area contributed by atoms with E-state index in [-0.39, 0.29) is 23.4 Å². The van der Waals surface area contributed by atoms with Crippen LogP contribution in [0.2, 0.25) is 0 Å². The molecule has 0 spiro atoms. The summed E-state index contributed by atoms with van der Waals surface area (Å²) >= 11 is 0. The maximum absolute atomic E-state index is 5.64. The molecule has 1 fully saturated rings. The molecular weight excluding hydrogens is 226 g/mol. The van der Waals surface area contributed by atoms with Crippen LogP contribution in [0.3, 0.4) is 0 Å². The molecule has 18 heavy (non-hydrogen) atoms. The van der Waals surface area contributed by atoms with Crippen LogP contribution < -0.4 is 0 Å². The lowest BCUT2D eigenvalue weighted by Gasteiger charge is -2.47. The molecule has 0 amide bonds. The Labute approximate surface area is 109 Å². The summed E-state index contributed by atoms with van der Waals surface area (Å²) in [5, 5.41) is 0. The van der Waals surface area contributed by atoms with Gasteiger partial charge in [-0.05, 0) is 26.3 Å². The summed E-state index contributed by atoms with van der Waals surface area (Å²) < 4.78 is 0. The van der Waals surface area contributed by atoms with E-state index in [4.69, 9.17) is 9.78 Å². The highest BCUT2D eigenvalue weighted by atomic mass is 17.2. The van der Waals surface area contributed by atoms with E-state index in [0.717, 1.165) is 0 Å². The topological polar surface area (TPSA) is 21.7 Å². The molecule has 3 nitrogen and oxygen atoms in total. The van der Waals surface area contributed by atoms with Gasteiger partial charge in [0, 0.05) is 16.5 Å². The Kier molecular flexibility index (Phi) is 2.40. The van der Waals surface area contributed by atoms with E-state index in [9.17, 15) is 0 Å². The van der Waals surface area contributed by atoms with Gasteiger partial charge in [0.25, 0.3) is 0 Å². The van der Waals surface area contributed by atoms with Gasteiger partial charge in [0.05, 0.1) is 0 Å². The van der Waals surface area contributed by atoms with E-state index in [1.807, 2.05) is 0 Å². The Hall–Kier alpha value is -0.900. The summed E-state index contributed by atoms with van der Waals surface area (Å²) in [6.45, 7) is 11.1. The zero-order chi connectivity index (χ0) is 13.1. The lowest BCUT2D eigenvalue weighted by atomic mass is 9.75. The molecule has 1 aromatic rings. The molecule has 98 valence electrons. The monoisotopic (exact) mass is 247 g/mol. The second-order valence-corrected chi connectivity index (χ2v) is 6.78. The Morgan fingerprint density at radius 1 is 1.11 bits per heavy atom. The van der Waals surface area contributed by atoms with Crippen LogP contribution in [0, 0.1) is 0 Å². The molecule has 0 N–H and O–H groups in total. The summed E-state index contributed by atoms with van der Waals surface area (Å²) in [6.07, 6.45) is -0.114. The molecule has 2 bridgehead atoms. The lowest BCUT2D eigenvalue weighted by molar-refractivity contribution is -0.302. The first-order valence-corrected chi connectivity index (χ1v) is 6.53. The van der Waals surface area contributed by atoms with Crippen molar-refractivity contribution in [2.24, 2.45) is 0 Å². The predicted octanol–water partition coefficient (Wildman–Crippen LogP) is 3.36. The van der Waals surface area contributed by atoms with Crippen molar-refractivity contribution in [2.75, 3.05) is 0 Å². The first-order valence-electron chi connectivity index (χ1n) is 6.53. The highest BCUT2D eigenvalue weighted by Gasteiger charge is 2.55. The van der Waals surface area contributed by atoms with Crippen molar-refractivity contribution in [1.82, 2.24) is 4.90 Å². The number of benzene rings is 1. The van der Waals surface area contributed by atoms with Crippen molar-refractivity contribution in [3.63, 3.8) is 0 Å². The zero-order valence-corrected chi connectivity index (χ0v) is 11.7. The van der Waals surface area contributed by atoms with Crippen LogP contribution in [0.25, 0.3) is 0 Å². The van der Waals surface area contributed by atoms with Crippen molar-refractivity contribution in [1.29, 1.82) is 0 Å². The Balaban J connectivity index is 2.19. The molecule has 0 unspecified atom stereocenters. The number of hydrogen-bond donors (Lipinski definition) is 0. The highest BCUT2D eigenvalue weighted by Crippen LogP contribution is 2.51. The third-order valence-corrected chi connectivity index (χ3v) is 4.06. The van der Waals surface area contributed by atoms with Crippen molar-refractivity contribution in [3.8, 4) is 0 Å². The summed E-state index contributed by atoms with van der Waals surface area (Å²) in [5.74, 6) is 0. The molecule has 3 rings (SSSR count). The fraction of sp³-hybridized carbons (Fsp3) is 0.600. The van der Waals surface area contributed by atoms with Crippen LogP contribution >= 0.6 is 0 Å². The van der Waals surface area contributed by atoms with Gasteiger partial charge in [0.15, 0.2) is 12.5 Å². The van der Waals surface area contributed by atoms with Gasteiger partial charge in [-0.1, -0.05) is 38.1 Å². The molecule has 0 aliphatic carbocycles. The highest BCUT2D eigenvalue weighted by molar-refractivity contribution is 5.39. The molecule has 2 aliphatic rings. The van der Waals surface area contributed by atoms with Crippen LogP contribution in [0.15, 0.2) is 24.3 Å². The molecule has 1 aromatic carbocycles. The van der Waals surface area contributed by atoms with Gasteiger partial charge >= 0.3 is 0 Å². The number of hydrogen-bond acceptors (Lipinski definition) is 3. The van der Waals surface area contributed by atoms with E-state index in [2.05, 4.69) is 63.8 Å². The van der Waals surface area contributed by atoms with Crippen LogP contribution in [0.1, 0.15) is 52.0 Å². The molecular formula is C15H21NO2.